The molecule has 1 unspecified atom stereocenters. The Balaban J connectivity index is 0.00000200. The van der Waals surface area contributed by atoms with Gasteiger partial charge in [-0.2, -0.15) is 0 Å². The summed E-state index contributed by atoms with van der Waals surface area (Å²) in [5, 5.41) is 6.26. The first-order valence-corrected chi connectivity index (χ1v) is 7.40. The first-order valence-electron chi connectivity index (χ1n) is 6.60. The topological polar surface area (TPSA) is 50.4 Å². The van der Waals surface area contributed by atoms with Crippen LogP contribution in [0.4, 0.5) is 0 Å². The average Bonchev–Trinajstić information content (AvgIpc) is 2.45. The van der Waals surface area contributed by atoms with Gasteiger partial charge in [0.2, 0.25) is 0 Å². The van der Waals surface area contributed by atoms with Crippen molar-refractivity contribution >= 4 is 34.2 Å². The maximum absolute atomic E-state index is 11.7. The number of hydrogen-bond donors (Lipinski definition) is 2. The van der Waals surface area contributed by atoms with Crippen molar-refractivity contribution < 1.29 is 9.53 Å². The van der Waals surface area contributed by atoms with Gasteiger partial charge in [-0.25, -0.2) is 0 Å². The second kappa shape index (κ2) is 9.21. The molecule has 0 aliphatic carbocycles. The van der Waals surface area contributed by atoms with Crippen molar-refractivity contribution in [2.45, 2.75) is 12.8 Å². The minimum absolute atomic E-state index is 0. The normalized spacial score (nSPS) is 17.9. The number of carbonyl (C=O) groups excluding carboxylic acids is 1. The molecule has 1 amide bonds. The molecular formula is C14H20BrClN2O2. The summed E-state index contributed by atoms with van der Waals surface area (Å²) in [6.45, 7) is 2.87. The van der Waals surface area contributed by atoms with E-state index in [1.165, 1.54) is 12.8 Å². The highest BCUT2D eigenvalue weighted by Crippen LogP contribution is 2.23. The van der Waals surface area contributed by atoms with Crippen LogP contribution in [-0.4, -0.2) is 32.1 Å². The minimum atomic E-state index is -0.0682. The third-order valence-corrected chi connectivity index (χ3v) is 3.84. The number of rotatable bonds is 5. The quantitative estimate of drug-likeness (QED) is 0.844. The van der Waals surface area contributed by atoms with E-state index in [4.69, 9.17) is 4.74 Å². The van der Waals surface area contributed by atoms with Gasteiger partial charge in [-0.3, -0.25) is 4.79 Å². The van der Waals surface area contributed by atoms with Gasteiger partial charge in [0.15, 0.2) is 6.61 Å². The summed E-state index contributed by atoms with van der Waals surface area (Å²) in [5.41, 5.74) is 0. The molecule has 1 aliphatic rings. The van der Waals surface area contributed by atoms with Crippen molar-refractivity contribution in [2.24, 2.45) is 5.92 Å². The van der Waals surface area contributed by atoms with Gasteiger partial charge in [0, 0.05) is 6.54 Å². The summed E-state index contributed by atoms with van der Waals surface area (Å²) in [7, 11) is 0. The molecule has 1 aromatic rings. The van der Waals surface area contributed by atoms with Gasteiger partial charge in [0.25, 0.3) is 5.91 Å². The fourth-order valence-corrected chi connectivity index (χ4v) is 2.51. The summed E-state index contributed by atoms with van der Waals surface area (Å²) in [4.78, 5) is 11.7. The Morgan fingerprint density at radius 3 is 2.95 bits per heavy atom. The fourth-order valence-electron chi connectivity index (χ4n) is 2.11. The predicted octanol–water partition coefficient (Wildman–Crippen LogP) is 2.37. The lowest BCUT2D eigenvalue weighted by molar-refractivity contribution is -0.123. The Morgan fingerprint density at radius 1 is 1.45 bits per heavy atom. The summed E-state index contributed by atoms with van der Waals surface area (Å²) in [5.74, 6) is 1.17. The van der Waals surface area contributed by atoms with E-state index in [2.05, 4.69) is 26.6 Å². The van der Waals surface area contributed by atoms with Crippen molar-refractivity contribution in [3.8, 4) is 5.75 Å². The Hall–Kier alpha value is -0.780. The molecule has 0 radical (unpaired) electrons. The smallest absolute Gasteiger partial charge is 0.257 e. The molecule has 4 nitrogen and oxygen atoms in total. The number of ether oxygens (including phenoxy) is 1. The molecule has 20 heavy (non-hydrogen) atoms. The lowest BCUT2D eigenvalue weighted by atomic mass is 10.00. The number of carbonyl (C=O) groups is 1. The zero-order valence-electron chi connectivity index (χ0n) is 11.2. The van der Waals surface area contributed by atoms with Gasteiger partial charge in [-0.15, -0.1) is 12.4 Å². The number of hydrogen-bond acceptors (Lipinski definition) is 3. The van der Waals surface area contributed by atoms with Crippen LogP contribution in [0.1, 0.15) is 12.8 Å². The zero-order valence-corrected chi connectivity index (χ0v) is 13.6. The minimum Gasteiger partial charge on any atom is -0.483 e. The van der Waals surface area contributed by atoms with E-state index >= 15 is 0 Å². The van der Waals surface area contributed by atoms with Crippen LogP contribution in [0, 0.1) is 5.92 Å². The van der Waals surface area contributed by atoms with Crippen LogP contribution in [0.5, 0.6) is 5.75 Å². The zero-order chi connectivity index (χ0) is 13.5. The first kappa shape index (κ1) is 17.3. The van der Waals surface area contributed by atoms with Crippen LogP contribution in [0.25, 0.3) is 0 Å². The van der Waals surface area contributed by atoms with Gasteiger partial charge >= 0.3 is 0 Å². The molecule has 1 saturated heterocycles. The van der Waals surface area contributed by atoms with Crippen LogP contribution in [0.2, 0.25) is 0 Å². The molecule has 0 bridgehead atoms. The van der Waals surface area contributed by atoms with E-state index in [1.807, 2.05) is 24.3 Å². The molecule has 1 fully saturated rings. The van der Waals surface area contributed by atoms with E-state index in [1.54, 1.807) is 0 Å². The van der Waals surface area contributed by atoms with Crippen LogP contribution in [0.3, 0.4) is 0 Å². The van der Waals surface area contributed by atoms with E-state index < -0.39 is 0 Å². The Labute approximate surface area is 134 Å². The third-order valence-electron chi connectivity index (χ3n) is 3.18. The summed E-state index contributed by atoms with van der Waals surface area (Å²) in [6, 6.07) is 7.52. The number of amides is 1. The van der Waals surface area contributed by atoms with Crippen LogP contribution in [0.15, 0.2) is 28.7 Å². The maximum Gasteiger partial charge on any atom is 0.257 e. The largest absolute Gasteiger partial charge is 0.483 e. The van der Waals surface area contributed by atoms with Gasteiger partial charge in [0.1, 0.15) is 5.75 Å². The maximum atomic E-state index is 11.7. The molecule has 2 rings (SSSR count). The van der Waals surface area contributed by atoms with E-state index in [-0.39, 0.29) is 24.9 Å². The summed E-state index contributed by atoms with van der Waals surface area (Å²) in [6.07, 6.45) is 2.37. The first-order chi connectivity index (χ1) is 9.25. The van der Waals surface area contributed by atoms with Crippen molar-refractivity contribution in [1.82, 2.24) is 10.6 Å². The fraction of sp³-hybridized carbons (Fsp3) is 0.500. The van der Waals surface area contributed by atoms with Crippen molar-refractivity contribution in [3.63, 3.8) is 0 Å². The van der Waals surface area contributed by atoms with Crippen LogP contribution in [-0.2, 0) is 4.79 Å². The summed E-state index contributed by atoms with van der Waals surface area (Å²) < 4.78 is 6.32. The molecule has 1 heterocycles. The standard InChI is InChI=1S/C14H19BrN2O2.ClH/c15-12-5-1-2-6-13(12)19-10-14(18)17-9-11-4-3-7-16-8-11;/h1-2,5-6,11,16H,3-4,7-10H2,(H,17,18);1H. The second-order valence-electron chi connectivity index (χ2n) is 4.74. The molecule has 1 atom stereocenters. The number of nitrogens with one attached hydrogen (secondary N) is 2. The monoisotopic (exact) mass is 362 g/mol. The predicted molar refractivity (Wildman–Crippen MR) is 85.5 cm³/mol. The number of halogens is 2. The molecule has 6 heteroatoms. The van der Waals surface area contributed by atoms with Gasteiger partial charge in [-0.1, -0.05) is 12.1 Å². The highest BCUT2D eigenvalue weighted by molar-refractivity contribution is 9.10. The highest BCUT2D eigenvalue weighted by Gasteiger charge is 2.14. The number of para-hydroxylation sites is 1. The number of piperidine rings is 1. The molecule has 0 aromatic heterocycles. The van der Waals surface area contributed by atoms with Crippen LogP contribution >= 0.6 is 28.3 Å². The highest BCUT2D eigenvalue weighted by atomic mass is 79.9. The SMILES string of the molecule is Cl.O=C(COc1ccccc1Br)NCC1CCCNC1. The Morgan fingerprint density at radius 2 is 2.25 bits per heavy atom. The van der Waals surface area contributed by atoms with Crippen molar-refractivity contribution in [2.75, 3.05) is 26.2 Å². The molecule has 1 aromatic carbocycles. The molecule has 0 saturated carbocycles. The van der Waals surface area contributed by atoms with Crippen molar-refractivity contribution in [1.29, 1.82) is 0 Å². The molecule has 2 N–H and O–H groups in total. The summed E-state index contributed by atoms with van der Waals surface area (Å²) >= 11 is 3.38. The Bertz CT molecular complexity index is 425. The Kier molecular flexibility index (Phi) is 7.95. The molecule has 0 spiro atoms. The van der Waals surface area contributed by atoms with Crippen LogP contribution < -0.4 is 15.4 Å². The molecule has 112 valence electrons. The van der Waals surface area contributed by atoms with Gasteiger partial charge < -0.3 is 15.4 Å². The number of benzene rings is 1. The third kappa shape index (κ3) is 5.69. The molecular weight excluding hydrogens is 344 g/mol. The van der Waals surface area contributed by atoms with Gasteiger partial charge in [0.05, 0.1) is 4.47 Å². The van der Waals surface area contributed by atoms with Gasteiger partial charge in [-0.05, 0) is 59.9 Å². The van der Waals surface area contributed by atoms with E-state index in [0.29, 0.717) is 11.7 Å². The molecule has 1 aliphatic heterocycles. The second-order valence-corrected chi connectivity index (χ2v) is 5.59. The van der Waals surface area contributed by atoms with Crippen molar-refractivity contribution in [3.05, 3.63) is 28.7 Å². The lowest BCUT2D eigenvalue weighted by Gasteiger charge is -2.22. The van der Waals surface area contributed by atoms with E-state index in [9.17, 15) is 4.79 Å². The van der Waals surface area contributed by atoms with E-state index in [0.717, 1.165) is 24.1 Å². The lowest BCUT2D eigenvalue weighted by Crippen LogP contribution is -2.39. The average molecular weight is 364 g/mol.